The molecule has 1 aliphatic heterocycles. The molecule has 1 saturated heterocycles. The molecular weight excluding hydrogens is 288 g/mol. The van der Waals surface area contributed by atoms with Crippen molar-refractivity contribution in [3.8, 4) is 5.75 Å². The Hall–Kier alpha value is -2.33. The molecule has 2 aromatic carbocycles. The van der Waals surface area contributed by atoms with Gasteiger partial charge in [-0.15, -0.1) is 0 Å². The van der Waals surface area contributed by atoms with Crippen LogP contribution in [0.5, 0.6) is 5.75 Å². The number of nitrogens with zero attached hydrogens (tertiary/aromatic N) is 2. The lowest BCUT2D eigenvalue weighted by Gasteiger charge is -2.39. The van der Waals surface area contributed by atoms with Crippen molar-refractivity contribution < 1.29 is 9.90 Å². The van der Waals surface area contributed by atoms with Crippen LogP contribution in [0, 0.1) is 0 Å². The molecule has 4 heteroatoms. The predicted molar refractivity (Wildman–Crippen MR) is 90.2 cm³/mol. The molecule has 0 aromatic heterocycles. The fourth-order valence-electron chi connectivity index (χ4n) is 3.09. The Morgan fingerprint density at radius 1 is 1.13 bits per heavy atom. The summed E-state index contributed by atoms with van der Waals surface area (Å²) in [6.45, 7) is 2.32. The standard InChI is InChI=1S/C19H22N2O2/c1-20-10-11-21(14-18(20)16-7-3-2-4-8-16)19(23)13-15-6-5-9-17(22)12-15/h2-9,12,18,22H,10-11,13-14H2,1H3. The van der Waals surface area contributed by atoms with Gasteiger partial charge in [-0.25, -0.2) is 0 Å². The van der Waals surface area contributed by atoms with Crippen LogP contribution in [0.3, 0.4) is 0 Å². The number of benzene rings is 2. The minimum Gasteiger partial charge on any atom is -0.508 e. The number of phenols is 1. The molecule has 1 amide bonds. The second-order valence-electron chi connectivity index (χ2n) is 6.09. The van der Waals surface area contributed by atoms with E-state index < -0.39 is 0 Å². The minimum absolute atomic E-state index is 0.115. The molecule has 1 aliphatic rings. The third kappa shape index (κ3) is 3.71. The molecule has 1 unspecified atom stereocenters. The average molecular weight is 310 g/mol. The fourth-order valence-corrected chi connectivity index (χ4v) is 3.09. The smallest absolute Gasteiger partial charge is 0.227 e. The third-order valence-electron chi connectivity index (χ3n) is 4.45. The summed E-state index contributed by atoms with van der Waals surface area (Å²) in [6, 6.07) is 17.5. The monoisotopic (exact) mass is 310 g/mol. The van der Waals surface area contributed by atoms with Crippen LogP contribution in [0.25, 0.3) is 0 Å². The van der Waals surface area contributed by atoms with E-state index in [1.165, 1.54) is 5.56 Å². The summed E-state index contributed by atoms with van der Waals surface area (Å²) >= 11 is 0. The van der Waals surface area contributed by atoms with Gasteiger partial charge in [0.1, 0.15) is 5.75 Å². The quantitative estimate of drug-likeness (QED) is 0.947. The van der Waals surface area contributed by atoms with Crippen molar-refractivity contribution in [2.75, 3.05) is 26.7 Å². The van der Waals surface area contributed by atoms with Gasteiger partial charge in [0.05, 0.1) is 12.5 Å². The maximum atomic E-state index is 12.6. The predicted octanol–water partition coefficient (Wildman–Crippen LogP) is 2.45. The van der Waals surface area contributed by atoms with Gasteiger partial charge < -0.3 is 10.0 Å². The van der Waals surface area contributed by atoms with Crippen molar-refractivity contribution in [1.82, 2.24) is 9.80 Å². The van der Waals surface area contributed by atoms with Crippen molar-refractivity contribution in [1.29, 1.82) is 0 Å². The summed E-state index contributed by atoms with van der Waals surface area (Å²) in [7, 11) is 2.11. The number of hydrogen-bond donors (Lipinski definition) is 1. The van der Waals surface area contributed by atoms with Crippen LogP contribution >= 0.6 is 0 Å². The number of carbonyl (C=O) groups is 1. The van der Waals surface area contributed by atoms with E-state index in [0.717, 1.165) is 18.7 Å². The van der Waals surface area contributed by atoms with E-state index >= 15 is 0 Å². The van der Waals surface area contributed by atoms with Crippen molar-refractivity contribution in [2.45, 2.75) is 12.5 Å². The number of piperazine rings is 1. The molecular formula is C19H22N2O2. The van der Waals surface area contributed by atoms with E-state index in [1.807, 2.05) is 29.2 Å². The lowest BCUT2D eigenvalue weighted by molar-refractivity contribution is -0.133. The number of rotatable bonds is 3. The van der Waals surface area contributed by atoms with Crippen molar-refractivity contribution in [2.24, 2.45) is 0 Å². The summed E-state index contributed by atoms with van der Waals surface area (Å²) in [4.78, 5) is 16.8. The molecule has 3 rings (SSSR count). The zero-order chi connectivity index (χ0) is 16.2. The highest BCUT2D eigenvalue weighted by Gasteiger charge is 2.28. The first-order valence-corrected chi connectivity index (χ1v) is 7.94. The van der Waals surface area contributed by atoms with Crippen molar-refractivity contribution in [3.63, 3.8) is 0 Å². The second kappa shape index (κ2) is 6.84. The van der Waals surface area contributed by atoms with E-state index in [9.17, 15) is 9.90 Å². The number of aromatic hydroxyl groups is 1. The second-order valence-corrected chi connectivity index (χ2v) is 6.09. The molecule has 0 radical (unpaired) electrons. The fraction of sp³-hybridized carbons (Fsp3) is 0.316. The van der Waals surface area contributed by atoms with Gasteiger partial charge in [-0.3, -0.25) is 9.69 Å². The lowest BCUT2D eigenvalue weighted by Crippen LogP contribution is -2.49. The molecule has 0 spiro atoms. The van der Waals surface area contributed by atoms with Gasteiger partial charge in [0.15, 0.2) is 0 Å². The number of amides is 1. The molecule has 1 heterocycles. The highest BCUT2D eigenvalue weighted by molar-refractivity contribution is 5.79. The molecule has 23 heavy (non-hydrogen) atoms. The molecule has 0 bridgehead atoms. The zero-order valence-corrected chi connectivity index (χ0v) is 13.4. The first-order valence-electron chi connectivity index (χ1n) is 7.94. The van der Waals surface area contributed by atoms with Crippen LogP contribution in [0.2, 0.25) is 0 Å². The van der Waals surface area contributed by atoms with Gasteiger partial charge in [0.2, 0.25) is 5.91 Å². The summed E-state index contributed by atoms with van der Waals surface area (Å²) in [5, 5.41) is 9.53. The zero-order valence-electron chi connectivity index (χ0n) is 13.4. The minimum atomic E-state index is 0.115. The maximum absolute atomic E-state index is 12.6. The first kappa shape index (κ1) is 15.6. The van der Waals surface area contributed by atoms with Crippen LogP contribution in [-0.4, -0.2) is 47.5 Å². The van der Waals surface area contributed by atoms with Crippen LogP contribution in [0.15, 0.2) is 54.6 Å². The van der Waals surface area contributed by atoms with Crippen molar-refractivity contribution in [3.05, 3.63) is 65.7 Å². The van der Waals surface area contributed by atoms with E-state index in [1.54, 1.807) is 18.2 Å². The summed E-state index contributed by atoms with van der Waals surface area (Å²) in [5.41, 5.74) is 2.09. The number of carbonyl (C=O) groups excluding carboxylic acids is 1. The Morgan fingerprint density at radius 3 is 2.65 bits per heavy atom. The Kier molecular flexibility index (Phi) is 4.63. The van der Waals surface area contributed by atoms with Gasteiger partial charge in [-0.1, -0.05) is 42.5 Å². The lowest BCUT2D eigenvalue weighted by atomic mass is 10.0. The van der Waals surface area contributed by atoms with E-state index in [0.29, 0.717) is 13.0 Å². The topological polar surface area (TPSA) is 43.8 Å². The Balaban J connectivity index is 1.69. The SMILES string of the molecule is CN1CCN(C(=O)Cc2cccc(O)c2)CC1c1ccccc1. The third-order valence-corrected chi connectivity index (χ3v) is 4.45. The first-order chi connectivity index (χ1) is 11.1. The van der Waals surface area contributed by atoms with Crippen LogP contribution in [-0.2, 0) is 11.2 Å². The highest BCUT2D eigenvalue weighted by atomic mass is 16.3. The van der Waals surface area contributed by atoms with Crippen LogP contribution in [0.1, 0.15) is 17.2 Å². The summed E-state index contributed by atoms with van der Waals surface area (Å²) in [6.07, 6.45) is 0.333. The average Bonchev–Trinajstić information content (AvgIpc) is 2.56. The van der Waals surface area contributed by atoms with Crippen LogP contribution in [0.4, 0.5) is 0 Å². The normalized spacial score (nSPS) is 18.8. The number of hydrogen-bond acceptors (Lipinski definition) is 3. The molecule has 1 N–H and O–H groups in total. The Bertz CT molecular complexity index is 672. The van der Waals surface area contributed by atoms with E-state index in [4.69, 9.17) is 0 Å². The highest BCUT2D eigenvalue weighted by Crippen LogP contribution is 2.24. The maximum Gasteiger partial charge on any atom is 0.227 e. The molecule has 1 atom stereocenters. The van der Waals surface area contributed by atoms with Crippen molar-refractivity contribution >= 4 is 5.91 Å². The van der Waals surface area contributed by atoms with Crippen LogP contribution < -0.4 is 0 Å². The Morgan fingerprint density at radius 2 is 1.91 bits per heavy atom. The summed E-state index contributed by atoms with van der Waals surface area (Å²) < 4.78 is 0. The molecule has 4 nitrogen and oxygen atoms in total. The van der Waals surface area contributed by atoms with E-state index in [-0.39, 0.29) is 17.7 Å². The van der Waals surface area contributed by atoms with Gasteiger partial charge in [0, 0.05) is 19.6 Å². The largest absolute Gasteiger partial charge is 0.508 e. The van der Waals surface area contributed by atoms with Gasteiger partial charge in [-0.05, 0) is 30.3 Å². The van der Waals surface area contributed by atoms with Gasteiger partial charge >= 0.3 is 0 Å². The molecule has 120 valence electrons. The summed E-state index contributed by atoms with van der Waals surface area (Å²) in [5.74, 6) is 0.320. The number of likely N-dealkylation sites (N-methyl/N-ethyl adjacent to an activating group) is 1. The Labute approximate surface area is 137 Å². The molecule has 0 saturated carbocycles. The van der Waals surface area contributed by atoms with Gasteiger partial charge in [0.25, 0.3) is 0 Å². The molecule has 1 fully saturated rings. The number of phenolic OH excluding ortho intramolecular Hbond substituents is 1. The molecule has 2 aromatic rings. The molecule has 0 aliphatic carbocycles. The van der Waals surface area contributed by atoms with Gasteiger partial charge in [-0.2, -0.15) is 0 Å². The van der Waals surface area contributed by atoms with E-state index in [2.05, 4.69) is 24.1 Å².